The number of nitrogen functional groups attached to an aromatic ring is 1. The third-order valence-corrected chi connectivity index (χ3v) is 2.99. The molecule has 2 aromatic heterocycles. The van der Waals surface area contributed by atoms with Crippen LogP contribution in [0.4, 0.5) is 5.82 Å². The highest BCUT2D eigenvalue weighted by Crippen LogP contribution is 2.28. The number of rotatable bonds is 2. The zero-order valence-electron chi connectivity index (χ0n) is 11.0. The summed E-state index contributed by atoms with van der Waals surface area (Å²) in [7, 11) is 1.84. The van der Waals surface area contributed by atoms with Crippen LogP contribution in [0.5, 0.6) is 0 Å². The standard InChI is InChI=1S/C12H19N5/c1-7(2)17-9(4)12(8(3)14-17)10-6-11(13)16(5)15-10/h6-7H,13H2,1-5H3. The molecule has 0 aliphatic rings. The van der Waals surface area contributed by atoms with Crippen molar-refractivity contribution in [3.8, 4) is 11.3 Å². The molecule has 0 aromatic carbocycles. The van der Waals surface area contributed by atoms with E-state index in [2.05, 4.69) is 31.0 Å². The predicted molar refractivity (Wildman–Crippen MR) is 68.7 cm³/mol. The van der Waals surface area contributed by atoms with Crippen molar-refractivity contribution in [2.75, 3.05) is 5.73 Å². The van der Waals surface area contributed by atoms with E-state index in [9.17, 15) is 0 Å². The lowest BCUT2D eigenvalue weighted by atomic mass is 10.1. The molecule has 5 heteroatoms. The van der Waals surface area contributed by atoms with Crippen molar-refractivity contribution in [2.24, 2.45) is 7.05 Å². The van der Waals surface area contributed by atoms with Crippen molar-refractivity contribution >= 4 is 5.82 Å². The molecule has 5 nitrogen and oxygen atoms in total. The van der Waals surface area contributed by atoms with Crippen molar-refractivity contribution in [3.05, 3.63) is 17.5 Å². The molecular formula is C12H19N5. The van der Waals surface area contributed by atoms with Crippen molar-refractivity contribution in [1.82, 2.24) is 19.6 Å². The monoisotopic (exact) mass is 233 g/mol. The molecule has 2 rings (SSSR count). The number of hydrogen-bond donors (Lipinski definition) is 1. The molecule has 2 aromatic rings. The quantitative estimate of drug-likeness (QED) is 0.863. The highest BCUT2D eigenvalue weighted by Gasteiger charge is 2.17. The van der Waals surface area contributed by atoms with Gasteiger partial charge in [-0.15, -0.1) is 0 Å². The maximum Gasteiger partial charge on any atom is 0.121 e. The fourth-order valence-corrected chi connectivity index (χ4v) is 2.14. The SMILES string of the molecule is Cc1nn(C(C)C)c(C)c1-c1cc(N)n(C)n1. The molecular weight excluding hydrogens is 214 g/mol. The van der Waals surface area contributed by atoms with Gasteiger partial charge in [-0.05, 0) is 27.7 Å². The fourth-order valence-electron chi connectivity index (χ4n) is 2.14. The van der Waals surface area contributed by atoms with Crippen LogP contribution in [0, 0.1) is 13.8 Å². The molecule has 0 aliphatic heterocycles. The van der Waals surface area contributed by atoms with E-state index in [1.165, 1.54) is 0 Å². The smallest absolute Gasteiger partial charge is 0.121 e. The minimum Gasteiger partial charge on any atom is -0.384 e. The Morgan fingerprint density at radius 2 is 1.88 bits per heavy atom. The molecule has 2 N–H and O–H groups in total. The number of nitrogens with zero attached hydrogens (tertiary/aromatic N) is 4. The van der Waals surface area contributed by atoms with E-state index in [0.29, 0.717) is 11.9 Å². The van der Waals surface area contributed by atoms with E-state index in [4.69, 9.17) is 5.73 Å². The summed E-state index contributed by atoms with van der Waals surface area (Å²) < 4.78 is 3.70. The summed E-state index contributed by atoms with van der Waals surface area (Å²) in [5.41, 5.74) is 9.93. The van der Waals surface area contributed by atoms with Gasteiger partial charge < -0.3 is 5.73 Å². The summed E-state index contributed by atoms with van der Waals surface area (Å²) in [5, 5.41) is 8.96. The summed E-state index contributed by atoms with van der Waals surface area (Å²) in [4.78, 5) is 0. The third kappa shape index (κ3) is 1.81. The van der Waals surface area contributed by atoms with E-state index >= 15 is 0 Å². The molecule has 0 unspecified atom stereocenters. The molecule has 17 heavy (non-hydrogen) atoms. The Kier molecular flexibility index (Phi) is 2.69. The summed E-state index contributed by atoms with van der Waals surface area (Å²) in [6.45, 7) is 8.32. The molecule has 0 saturated heterocycles. The second-order valence-electron chi connectivity index (χ2n) is 4.66. The maximum absolute atomic E-state index is 5.82. The van der Waals surface area contributed by atoms with E-state index in [0.717, 1.165) is 22.6 Å². The number of aromatic nitrogens is 4. The molecule has 2 heterocycles. The van der Waals surface area contributed by atoms with Gasteiger partial charge in [0, 0.05) is 30.4 Å². The minimum atomic E-state index is 0.350. The molecule has 0 spiro atoms. The van der Waals surface area contributed by atoms with E-state index < -0.39 is 0 Å². The van der Waals surface area contributed by atoms with Crippen molar-refractivity contribution < 1.29 is 0 Å². The van der Waals surface area contributed by atoms with E-state index in [1.54, 1.807) is 4.68 Å². The zero-order valence-corrected chi connectivity index (χ0v) is 11.0. The summed E-state index contributed by atoms with van der Waals surface area (Å²) in [6, 6.07) is 2.24. The lowest BCUT2D eigenvalue weighted by Gasteiger charge is -2.07. The lowest BCUT2D eigenvalue weighted by molar-refractivity contribution is 0.516. The summed E-state index contributed by atoms with van der Waals surface area (Å²) in [5.74, 6) is 0.663. The lowest BCUT2D eigenvalue weighted by Crippen LogP contribution is -2.04. The third-order valence-electron chi connectivity index (χ3n) is 2.99. The van der Waals surface area contributed by atoms with Gasteiger partial charge in [-0.2, -0.15) is 10.2 Å². The molecule has 0 aliphatic carbocycles. The van der Waals surface area contributed by atoms with Crippen LogP contribution in [0.1, 0.15) is 31.3 Å². The zero-order chi connectivity index (χ0) is 12.7. The van der Waals surface area contributed by atoms with E-state index in [1.807, 2.05) is 24.7 Å². The topological polar surface area (TPSA) is 61.7 Å². The maximum atomic E-state index is 5.82. The Labute approximate surface area is 101 Å². The Hall–Kier alpha value is -1.78. The fraction of sp³-hybridized carbons (Fsp3) is 0.500. The van der Waals surface area contributed by atoms with Gasteiger partial charge in [0.05, 0.1) is 11.4 Å². The number of anilines is 1. The highest BCUT2D eigenvalue weighted by atomic mass is 15.3. The minimum absolute atomic E-state index is 0.350. The van der Waals surface area contributed by atoms with Gasteiger partial charge in [-0.1, -0.05) is 0 Å². The van der Waals surface area contributed by atoms with Gasteiger partial charge >= 0.3 is 0 Å². The predicted octanol–water partition coefficient (Wildman–Crippen LogP) is 2.06. The second-order valence-corrected chi connectivity index (χ2v) is 4.66. The average Bonchev–Trinajstić information content (AvgIpc) is 2.69. The molecule has 0 radical (unpaired) electrons. The number of nitrogens with two attached hydrogens (primary N) is 1. The van der Waals surface area contributed by atoms with Crippen LogP contribution in [0.2, 0.25) is 0 Å². The Morgan fingerprint density at radius 3 is 2.29 bits per heavy atom. The first kappa shape index (κ1) is 11.7. The second kappa shape index (κ2) is 3.91. The van der Waals surface area contributed by atoms with Crippen LogP contribution in [0.3, 0.4) is 0 Å². The first-order chi connectivity index (χ1) is 7.91. The molecule has 0 amide bonds. The van der Waals surface area contributed by atoms with Gasteiger partial charge in [-0.25, -0.2) is 0 Å². The number of aryl methyl sites for hydroxylation is 2. The normalized spacial score (nSPS) is 11.4. The van der Waals surface area contributed by atoms with Crippen LogP contribution >= 0.6 is 0 Å². The van der Waals surface area contributed by atoms with Gasteiger partial charge in [0.15, 0.2) is 0 Å². The van der Waals surface area contributed by atoms with Crippen LogP contribution in [0.25, 0.3) is 11.3 Å². The molecule has 0 bridgehead atoms. The molecule has 0 atom stereocenters. The largest absolute Gasteiger partial charge is 0.384 e. The van der Waals surface area contributed by atoms with Gasteiger partial charge in [0.2, 0.25) is 0 Å². The summed E-state index contributed by atoms with van der Waals surface area (Å²) in [6.07, 6.45) is 0. The average molecular weight is 233 g/mol. The van der Waals surface area contributed by atoms with Gasteiger partial charge in [-0.3, -0.25) is 9.36 Å². The first-order valence-corrected chi connectivity index (χ1v) is 5.77. The first-order valence-electron chi connectivity index (χ1n) is 5.77. The molecule has 92 valence electrons. The Bertz CT molecular complexity index is 528. The van der Waals surface area contributed by atoms with Gasteiger partial charge in [0.1, 0.15) is 5.82 Å². The Morgan fingerprint density at radius 1 is 1.24 bits per heavy atom. The molecule has 0 fully saturated rings. The van der Waals surface area contributed by atoms with Gasteiger partial charge in [0.25, 0.3) is 0 Å². The van der Waals surface area contributed by atoms with Crippen molar-refractivity contribution in [2.45, 2.75) is 33.7 Å². The van der Waals surface area contributed by atoms with E-state index in [-0.39, 0.29) is 0 Å². The summed E-state index contributed by atoms with van der Waals surface area (Å²) >= 11 is 0. The van der Waals surface area contributed by atoms with Crippen molar-refractivity contribution in [3.63, 3.8) is 0 Å². The van der Waals surface area contributed by atoms with Crippen LogP contribution in [-0.2, 0) is 7.05 Å². The Balaban J connectivity index is 2.59. The van der Waals surface area contributed by atoms with Crippen LogP contribution < -0.4 is 5.73 Å². The van der Waals surface area contributed by atoms with Crippen LogP contribution in [-0.4, -0.2) is 19.6 Å². The van der Waals surface area contributed by atoms with Crippen molar-refractivity contribution in [1.29, 1.82) is 0 Å². The highest BCUT2D eigenvalue weighted by molar-refractivity contribution is 5.67. The number of hydrogen-bond acceptors (Lipinski definition) is 3. The van der Waals surface area contributed by atoms with Crippen LogP contribution in [0.15, 0.2) is 6.07 Å². The molecule has 0 saturated carbocycles.